The van der Waals surface area contributed by atoms with Gasteiger partial charge in [0.2, 0.25) is 5.91 Å². The van der Waals surface area contributed by atoms with E-state index in [1.165, 1.54) is 9.80 Å². The van der Waals surface area contributed by atoms with Crippen LogP contribution in [0, 0.1) is 11.8 Å². The van der Waals surface area contributed by atoms with E-state index in [9.17, 15) is 14.4 Å². The molecule has 108 valence electrons. The van der Waals surface area contributed by atoms with Crippen LogP contribution in [0.5, 0.6) is 0 Å². The zero-order valence-electron chi connectivity index (χ0n) is 11.5. The summed E-state index contributed by atoms with van der Waals surface area (Å²) in [5.74, 6) is -1.48. The van der Waals surface area contributed by atoms with Crippen LogP contribution in [0.25, 0.3) is 0 Å². The fraction of sp³-hybridized carbons (Fsp3) is 0.750. The predicted octanol–water partition coefficient (Wildman–Crippen LogP) is -0.173. The normalized spacial score (nSPS) is 22.2. The standard InChI is InChI=1S/C12H21N3O4/c1-8-6-15(7-9(8)11(17)18)12(19)13-5-4-10(16)14(2)3/h8-9H,4-7H2,1-3H3,(H,13,19)(H,17,18). The van der Waals surface area contributed by atoms with Crippen LogP contribution in [-0.2, 0) is 9.59 Å². The Bertz CT molecular complexity index is 370. The van der Waals surface area contributed by atoms with Crippen LogP contribution in [0.4, 0.5) is 4.79 Å². The van der Waals surface area contributed by atoms with Crippen molar-refractivity contribution in [3.63, 3.8) is 0 Å². The van der Waals surface area contributed by atoms with Crippen LogP contribution in [0.1, 0.15) is 13.3 Å². The van der Waals surface area contributed by atoms with Gasteiger partial charge in [-0.05, 0) is 5.92 Å². The zero-order chi connectivity index (χ0) is 14.6. The van der Waals surface area contributed by atoms with Crippen LogP contribution in [-0.4, -0.2) is 66.5 Å². The molecule has 1 rings (SSSR count). The van der Waals surface area contributed by atoms with Crippen molar-refractivity contribution in [2.75, 3.05) is 33.7 Å². The fourth-order valence-electron chi connectivity index (χ4n) is 2.07. The number of carboxylic acid groups (broad SMARTS) is 1. The smallest absolute Gasteiger partial charge is 0.317 e. The number of amides is 3. The number of nitrogens with one attached hydrogen (secondary N) is 1. The summed E-state index contributed by atoms with van der Waals surface area (Å²) in [7, 11) is 3.31. The van der Waals surface area contributed by atoms with Gasteiger partial charge >= 0.3 is 12.0 Å². The number of urea groups is 1. The van der Waals surface area contributed by atoms with Crippen LogP contribution in [0.2, 0.25) is 0 Å². The molecule has 19 heavy (non-hydrogen) atoms. The summed E-state index contributed by atoms with van der Waals surface area (Å²) in [5, 5.41) is 11.6. The molecule has 1 saturated heterocycles. The summed E-state index contributed by atoms with van der Waals surface area (Å²) in [4.78, 5) is 37.0. The molecule has 2 atom stereocenters. The van der Waals surface area contributed by atoms with Gasteiger partial charge in [-0.25, -0.2) is 4.79 Å². The molecule has 0 aromatic heterocycles. The molecule has 0 aromatic rings. The molecule has 0 radical (unpaired) electrons. The lowest BCUT2D eigenvalue weighted by Crippen LogP contribution is -2.40. The molecule has 0 aromatic carbocycles. The molecular weight excluding hydrogens is 250 g/mol. The Morgan fingerprint density at radius 1 is 1.32 bits per heavy atom. The van der Waals surface area contributed by atoms with E-state index in [-0.39, 0.29) is 37.4 Å². The number of carboxylic acids is 1. The van der Waals surface area contributed by atoms with E-state index in [4.69, 9.17) is 5.11 Å². The molecular formula is C12H21N3O4. The van der Waals surface area contributed by atoms with Crippen LogP contribution < -0.4 is 5.32 Å². The monoisotopic (exact) mass is 271 g/mol. The lowest BCUT2D eigenvalue weighted by Gasteiger charge is -2.17. The van der Waals surface area contributed by atoms with Gasteiger partial charge in [0.25, 0.3) is 0 Å². The molecule has 1 fully saturated rings. The number of aliphatic carboxylic acids is 1. The van der Waals surface area contributed by atoms with Crippen molar-refractivity contribution < 1.29 is 19.5 Å². The summed E-state index contributed by atoms with van der Waals surface area (Å²) >= 11 is 0. The van der Waals surface area contributed by atoms with Gasteiger partial charge in [-0.3, -0.25) is 9.59 Å². The first-order valence-corrected chi connectivity index (χ1v) is 6.28. The van der Waals surface area contributed by atoms with Crippen molar-refractivity contribution in [3.05, 3.63) is 0 Å². The van der Waals surface area contributed by atoms with E-state index in [0.717, 1.165) is 0 Å². The number of rotatable bonds is 4. The van der Waals surface area contributed by atoms with Gasteiger partial charge in [0.1, 0.15) is 0 Å². The van der Waals surface area contributed by atoms with Crippen LogP contribution >= 0.6 is 0 Å². The third kappa shape index (κ3) is 4.11. The van der Waals surface area contributed by atoms with E-state index >= 15 is 0 Å². The Morgan fingerprint density at radius 3 is 2.42 bits per heavy atom. The Balaban J connectivity index is 2.35. The van der Waals surface area contributed by atoms with E-state index in [2.05, 4.69) is 5.32 Å². The first kappa shape index (κ1) is 15.3. The minimum Gasteiger partial charge on any atom is -0.481 e. The van der Waals surface area contributed by atoms with Crippen molar-refractivity contribution in [2.24, 2.45) is 11.8 Å². The van der Waals surface area contributed by atoms with Gasteiger partial charge in [0.15, 0.2) is 0 Å². The van der Waals surface area contributed by atoms with Crippen molar-refractivity contribution in [2.45, 2.75) is 13.3 Å². The number of hydrogen-bond donors (Lipinski definition) is 2. The van der Waals surface area contributed by atoms with Gasteiger partial charge in [-0.15, -0.1) is 0 Å². The third-order valence-electron chi connectivity index (χ3n) is 3.33. The van der Waals surface area contributed by atoms with Gasteiger partial charge in [-0.2, -0.15) is 0 Å². The van der Waals surface area contributed by atoms with Crippen LogP contribution in [0.3, 0.4) is 0 Å². The Morgan fingerprint density at radius 2 is 1.95 bits per heavy atom. The minimum absolute atomic E-state index is 0.0494. The summed E-state index contributed by atoms with van der Waals surface area (Å²) < 4.78 is 0. The molecule has 0 spiro atoms. The second-order valence-electron chi connectivity index (χ2n) is 5.10. The number of carbonyl (C=O) groups is 3. The van der Waals surface area contributed by atoms with E-state index in [1.807, 2.05) is 6.92 Å². The maximum atomic E-state index is 11.8. The maximum Gasteiger partial charge on any atom is 0.317 e. The van der Waals surface area contributed by atoms with E-state index in [1.54, 1.807) is 14.1 Å². The molecule has 2 unspecified atom stereocenters. The predicted molar refractivity (Wildman–Crippen MR) is 68.6 cm³/mol. The number of carbonyl (C=O) groups excluding carboxylic acids is 2. The number of likely N-dealkylation sites (tertiary alicyclic amines) is 1. The highest BCUT2D eigenvalue weighted by molar-refractivity contribution is 5.79. The summed E-state index contributed by atoms with van der Waals surface area (Å²) in [6, 6.07) is -0.304. The van der Waals surface area contributed by atoms with Gasteiger partial charge < -0.3 is 20.2 Å². The average molecular weight is 271 g/mol. The molecule has 2 N–H and O–H groups in total. The molecule has 0 bridgehead atoms. The molecule has 0 aliphatic carbocycles. The van der Waals surface area contributed by atoms with Crippen LogP contribution in [0.15, 0.2) is 0 Å². The second-order valence-corrected chi connectivity index (χ2v) is 5.10. The lowest BCUT2D eigenvalue weighted by molar-refractivity contribution is -0.142. The molecule has 0 saturated carbocycles. The molecule has 3 amide bonds. The van der Waals surface area contributed by atoms with Gasteiger partial charge in [-0.1, -0.05) is 6.92 Å². The van der Waals surface area contributed by atoms with E-state index < -0.39 is 11.9 Å². The molecule has 1 aliphatic heterocycles. The Hall–Kier alpha value is -1.79. The van der Waals surface area contributed by atoms with Crippen molar-refractivity contribution in [3.8, 4) is 0 Å². The molecule has 7 heteroatoms. The summed E-state index contributed by atoms with van der Waals surface area (Å²) in [6.45, 7) is 2.74. The average Bonchev–Trinajstić information content (AvgIpc) is 2.71. The Kier molecular flexibility index (Phi) is 5.14. The highest BCUT2D eigenvalue weighted by Crippen LogP contribution is 2.22. The Labute approximate surface area is 112 Å². The van der Waals surface area contributed by atoms with E-state index in [0.29, 0.717) is 6.54 Å². The number of nitrogens with zero attached hydrogens (tertiary/aromatic N) is 2. The molecule has 7 nitrogen and oxygen atoms in total. The van der Waals surface area contributed by atoms with Crippen molar-refractivity contribution in [1.82, 2.24) is 15.1 Å². The largest absolute Gasteiger partial charge is 0.481 e. The minimum atomic E-state index is -0.870. The first-order valence-electron chi connectivity index (χ1n) is 6.28. The van der Waals surface area contributed by atoms with Gasteiger partial charge in [0, 0.05) is 40.2 Å². The highest BCUT2D eigenvalue weighted by Gasteiger charge is 2.36. The maximum absolute atomic E-state index is 11.8. The fourth-order valence-corrected chi connectivity index (χ4v) is 2.07. The van der Waals surface area contributed by atoms with Gasteiger partial charge in [0.05, 0.1) is 5.92 Å². The van der Waals surface area contributed by atoms with Crippen molar-refractivity contribution in [1.29, 1.82) is 0 Å². The second kappa shape index (κ2) is 6.40. The zero-order valence-corrected chi connectivity index (χ0v) is 11.5. The van der Waals surface area contributed by atoms with Crippen molar-refractivity contribution >= 4 is 17.9 Å². The number of hydrogen-bond acceptors (Lipinski definition) is 3. The first-order chi connectivity index (χ1) is 8.82. The molecule has 1 aliphatic rings. The SMILES string of the molecule is CC1CN(C(=O)NCCC(=O)N(C)C)CC1C(=O)O. The molecule has 1 heterocycles. The topological polar surface area (TPSA) is 90.0 Å². The summed E-state index contributed by atoms with van der Waals surface area (Å²) in [5.41, 5.74) is 0. The highest BCUT2D eigenvalue weighted by atomic mass is 16.4. The quantitative estimate of drug-likeness (QED) is 0.742. The third-order valence-corrected chi connectivity index (χ3v) is 3.33. The lowest BCUT2D eigenvalue weighted by atomic mass is 9.99. The summed E-state index contributed by atoms with van der Waals surface area (Å²) in [6.07, 6.45) is 0.241.